The molecule has 37 heavy (non-hydrogen) atoms. The molecule has 1 aromatic rings. The molecular weight excluding hydrogens is 529 g/mol. The Labute approximate surface area is 208 Å². The standard InChI is InChI=1S/C18H24N6O5.CHF3O3S/c19-18(20)21-7-1-2-12-15(26)24-13(16(27)23-12)8-14(25)22-9-10-3-5-11(6-4-10)17(28)29;2-1(3,4)8(5,6)7/h3-6,12-13H,1-2,7-9H2,(H,22,25)(H,23,27)(H,24,26)(H,28,29)(H4,19,20,21);(H,5,6,7)/t12-,13-;/m0./s1. The zero-order valence-electron chi connectivity index (χ0n) is 19.0. The molecule has 14 nitrogen and oxygen atoms in total. The average Bonchev–Trinajstić information content (AvgIpc) is 2.77. The van der Waals surface area contributed by atoms with Crippen LogP contribution in [0.15, 0.2) is 24.3 Å². The summed E-state index contributed by atoms with van der Waals surface area (Å²) >= 11 is 0. The maximum Gasteiger partial charge on any atom is 0.485 e. The lowest BCUT2D eigenvalue weighted by Gasteiger charge is -2.29. The molecule has 1 aromatic carbocycles. The van der Waals surface area contributed by atoms with Crippen LogP contribution in [0.4, 0.5) is 13.2 Å². The minimum atomic E-state index is -6.09. The van der Waals surface area contributed by atoms with Crippen molar-refractivity contribution in [2.24, 2.45) is 11.5 Å². The van der Waals surface area contributed by atoms with Crippen LogP contribution in [-0.2, 0) is 31.0 Å². The van der Waals surface area contributed by atoms with Crippen LogP contribution in [0.2, 0.25) is 0 Å². The SMILES string of the molecule is NC(N)=[NH+]CCC[C@@H]1NC(=O)[C@H](CC(=O)NCc2ccc(C(=O)O)cc2)NC1=O.O=S(=O)([O-])C(F)(F)F. The molecule has 0 unspecified atom stereocenters. The molecule has 1 aliphatic heterocycles. The van der Waals surface area contributed by atoms with Gasteiger partial charge in [0.05, 0.1) is 18.5 Å². The van der Waals surface area contributed by atoms with Gasteiger partial charge in [-0.15, -0.1) is 0 Å². The number of amides is 3. The van der Waals surface area contributed by atoms with Gasteiger partial charge in [0, 0.05) is 6.54 Å². The Morgan fingerprint density at radius 3 is 2.08 bits per heavy atom. The van der Waals surface area contributed by atoms with Gasteiger partial charge in [-0.3, -0.25) is 30.8 Å². The fourth-order valence-corrected chi connectivity index (χ4v) is 2.79. The number of hydrogen-bond acceptors (Lipinski definition) is 7. The molecule has 0 saturated carbocycles. The van der Waals surface area contributed by atoms with Gasteiger partial charge >= 0.3 is 17.4 Å². The average molecular weight is 555 g/mol. The first-order valence-corrected chi connectivity index (χ1v) is 11.8. The number of hydrogen-bond donors (Lipinski definition) is 7. The predicted molar refractivity (Wildman–Crippen MR) is 118 cm³/mol. The highest BCUT2D eigenvalue weighted by molar-refractivity contribution is 7.86. The normalized spacial score (nSPS) is 17.4. The van der Waals surface area contributed by atoms with Crippen molar-refractivity contribution in [3.63, 3.8) is 0 Å². The lowest BCUT2D eigenvalue weighted by atomic mass is 10.0. The van der Waals surface area contributed by atoms with Gasteiger partial charge in [0.15, 0.2) is 10.1 Å². The molecule has 2 atom stereocenters. The Kier molecular flexibility index (Phi) is 11.3. The van der Waals surface area contributed by atoms with Gasteiger partial charge in [-0.25, -0.2) is 13.2 Å². The summed E-state index contributed by atoms with van der Waals surface area (Å²) in [5.41, 5.74) is 5.77. The Morgan fingerprint density at radius 2 is 1.59 bits per heavy atom. The maximum atomic E-state index is 12.2. The Morgan fingerprint density at radius 1 is 1.08 bits per heavy atom. The van der Waals surface area contributed by atoms with E-state index < -0.39 is 45.5 Å². The molecule has 1 aliphatic rings. The van der Waals surface area contributed by atoms with Crippen LogP contribution in [0.1, 0.15) is 35.2 Å². The number of carbonyl (C=O) groups is 4. The van der Waals surface area contributed by atoms with Crippen molar-refractivity contribution in [3.8, 4) is 0 Å². The first-order chi connectivity index (χ1) is 17.0. The number of halogens is 3. The highest BCUT2D eigenvalue weighted by Gasteiger charge is 2.37. The highest BCUT2D eigenvalue weighted by atomic mass is 32.2. The van der Waals surface area contributed by atoms with Crippen LogP contribution in [-0.4, -0.2) is 71.9 Å². The fourth-order valence-electron chi connectivity index (χ4n) is 2.79. The van der Waals surface area contributed by atoms with E-state index in [9.17, 15) is 32.3 Å². The number of rotatable bonds is 9. The number of carboxylic acids is 1. The molecule has 1 saturated heterocycles. The van der Waals surface area contributed by atoms with Gasteiger partial charge in [0.1, 0.15) is 12.1 Å². The summed E-state index contributed by atoms with van der Waals surface area (Å²) in [5, 5.41) is 16.7. The van der Waals surface area contributed by atoms with E-state index in [1.807, 2.05) is 0 Å². The summed E-state index contributed by atoms with van der Waals surface area (Å²) in [4.78, 5) is 50.0. The van der Waals surface area contributed by atoms with Gasteiger partial charge in [-0.2, -0.15) is 13.2 Å². The second kappa shape index (κ2) is 13.4. The molecule has 9 N–H and O–H groups in total. The lowest BCUT2D eigenvalue weighted by Crippen LogP contribution is -2.78. The fraction of sp³-hybridized carbons (Fsp3) is 0.421. The van der Waals surface area contributed by atoms with Crippen molar-refractivity contribution >= 4 is 39.8 Å². The van der Waals surface area contributed by atoms with Crippen molar-refractivity contribution in [3.05, 3.63) is 35.4 Å². The first kappa shape index (κ1) is 31.1. The number of benzene rings is 1. The van der Waals surface area contributed by atoms with Crippen LogP contribution in [0.3, 0.4) is 0 Å². The summed E-state index contributed by atoms with van der Waals surface area (Å²) in [6.07, 6.45) is 0.781. The summed E-state index contributed by atoms with van der Waals surface area (Å²) in [6.45, 7) is 0.652. The maximum absolute atomic E-state index is 12.2. The zero-order valence-corrected chi connectivity index (χ0v) is 19.8. The number of carboxylic acid groups (broad SMARTS) is 1. The molecule has 0 aromatic heterocycles. The predicted octanol–water partition coefficient (Wildman–Crippen LogP) is -3.44. The molecule has 0 radical (unpaired) electrons. The molecule has 0 aliphatic carbocycles. The van der Waals surface area contributed by atoms with E-state index in [2.05, 4.69) is 20.9 Å². The Hall–Kier alpha value is -3.93. The van der Waals surface area contributed by atoms with E-state index in [1.165, 1.54) is 12.1 Å². The molecular formula is C19H25F3N6O8S. The van der Waals surface area contributed by atoms with E-state index >= 15 is 0 Å². The Bertz CT molecular complexity index is 1120. The third kappa shape index (κ3) is 11.1. The number of guanidine groups is 1. The van der Waals surface area contributed by atoms with Crippen LogP contribution >= 0.6 is 0 Å². The number of nitrogens with two attached hydrogens (primary N) is 2. The number of piperazine rings is 1. The number of carbonyl (C=O) groups excluding carboxylic acids is 3. The van der Waals surface area contributed by atoms with Crippen LogP contribution in [0.5, 0.6) is 0 Å². The first-order valence-electron chi connectivity index (χ1n) is 10.3. The van der Waals surface area contributed by atoms with Gasteiger partial charge in [0.25, 0.3) is 0 Å². The lowest BCUT2D eigenvalue weighted by molar-refractivity contribution is -0.459. The second-order valence-electron chi connectivity index (χ2n) is 7.53. The minimum absolute atomic E-state index is 0.0889. The molecule has 2 rings (SSSR count). The summed E-state index contributed by atoms with van der Waals surface area (Å²) in [7, 11) is -6.09. The molecule has 18 heteroatoms. The minimum Gasteiger partial charge on any atom is -0.741 e. The summed E-state index contributed by atoms with van der Waals surface area (Å²) in [5.74, 6) is -2.13. The van der Waals surface area contributed by atoms with E-state index in [4.69, 9.17) is 29.5 Å². The van der Waals surface area contributed by atoms with E-state index in [0.717, 1.165) is 0 Å². The largest absolute Gasteiger partial charge is 0.741 e. The van der Waals surface area contributed by atoms with Gasteiger partial charge < -0.3 is 25.6 Å². The summed E-state index contributed by atoms with van der Waals surface area (Å²) in [6, 6.07) is 4.44. The number of aromatic carboxylic acids is 1. The van der Waals surface area contributed by atoms with E-state index in [-0.39, 0.29) is 30.4 Å². The van der Waals surface area contributed by atoms with Gasteiger partial charge in [0.2, 0.25) is 17.7 Å². The van der Waals surface area contributed by atoms with Crippen molar-refractivity contribution in [2.45, 2.75) is 43.4 Å². The third-order valence-electron chi connectivity index (χ3n) is 4.63. The number of alkyl halides is 3. The van der Waals surface area contributed by atoms with Crippen molar-refractivity contribution in [2.75, 3.05) is 6.54 Å². The molecule has 0 bridgehead atoms. The van der Waals surface area contributed by atoms with E-state index in [0.29, 0.717) is 24.9 Å². The monoisotopic (exact) mass is 554 g/mol. The van der Waals surface area contributed by atoms with Crippen LogP contribution in [0.25, 0.3) is 0 Å². The zero-order chi connectivity index (χ0) is 28.4. The molecule has 206 valence electrons. The molecule has 0 spiro atoms. The highest BCUT2D eigenvalue weighted by Crippen LogP contribution is 2.20. The van der Waals surface area contributed by atoms with Crippen molar-refractivity contribution in [1.82, 2.24) is 16.0 Å². The van der Waals surface area contributed by atoms with Crippen molar-refractivity contribution in [1.29, 1.82) is 0 Å². The van der Waals surface area contributed by atoms with Crippen molar-refractivity contribution < 1.29 is 55.4 Å². The topological polar surface area (TPSA) is 248 Å². The number of nitrogens with one attached hydrogen (secondary N) is 4. The van der Waals surface area contributed by atoms with Crippen LogP contribution in [0, 0.1) is 0 Å². The smallest absolute Gasteiger partial charge is 0.485 e. The van der Waals surface area contributed by atoms with Gasteiger partial charge in [-0.1, -0.05) is 12.1 Å². The van der Waals surface area contributed by atoms with E-state index in [1.54, 1.807) is 12.1 Å². The molecule has 3 amide bonds. The van der Waals surface area contributed by atoms with Crippen LogP contribution < -0.4 is 32.4 Å². The van der Waals surface area contributed by atoms with Gasteiger partial charge in [-0.05, 0) is 30.5 Å². The quantitative estimate of drug-likeness (QED) is 0.0523. The summed E-state index contributed by atoms with van der Waals surface area (Å²) < 4.78 is 58.9. The third-order valence-corrected chi connectivity index (χ3v) is 5.20. The molecule has 1 heterocycles. The second-order valence-corrected chi connectivity index (χ2v) is 8.90. The Balaban J connectivity index is 0.000000738. The molecule has 1 fully saturated rings.